The maximum Gasteiger partial charge on any atom is 0.0640 e. The SMILES string of the molecule is c1ccc(-c2ccc(-c3ccc(N(c4cccc(-c5ccc6ccccc6c5)c4)c4ccccc4-c4ccccc4N(c4ccccc4-c4ccccc4)c4cccc5c4sc4ccccc45)cc3)cc2)cc1. The normalized spacial score (nSPS) is 11.3. The van der Waals surface area contributed by atoms with Crippen molar-refractivity contribution in [2.75, 3.05) is 9.80 Å². The van der Waals surface area contributed by atoms with Gasteiger partial charge in [-0.05, 0) is 110 Å². The average molecular weight is 949 g/mol. The number of hydrogen-bond acceptors (Lipinski definition) is 3. The smallest absolute Gasteiger partial charge is 0.0640 e. The van der Waals surface area contributed by atoms with E-state index in [1.165, 1.54) is 53.2 Å². The fourth-order valence-electron chi connectivity index (χ4n) is 10.5. The van der Waals surface area contributed by atoms with Gasteiger partial charge in [-0.1, -0.05) is 231 Å². The van der Waals surface area contributed by atoms with Crippen LogP contribution in [0.15, 0.2) is 291 Å². The third-order valence-corrected chi connectivity index (χ3v) is 15.3. The van der Waals surface area contributed by atoms with Crippen LogP contribution in [0.1, 0.15) is 0 Å². The summed E-state index contributed by atoms with van der Waals surface area (Å²) < 4.78 is 2.52. The fourth-order valence-corrected chi connectivity index (χ4v) is 11.7. The van der Waals surface area contributed by atoms with Gasteiger partial charge in [0.25, 0.3) is 0 Å². The highest BCUT2D eigenvalue weighted by Crippen LogP contribution is 2.51. The molecule has 1 aromatic heterocycles. The Morgan fingerprint density at radius 2 is 0.685 bits per heavy atom. The minimum Gasteiger partial charge on any atom is -0.310 e. The Morgan fingerprint density at radius 3 is 1.38 bits per heavy atom. The molecule has 13 rings (SSSR count). The van der Waals surface area contributed by atoms with Gasteiger partial charge in [0.05, 0.1) is 27.4 Å². The van der Waals surface area contributed by atoms with Crippen molar-refractivity contribution in [2.45, 2.75) is 0 Å². The Kier molecular flexibility index (Phi) is 11.5. The molecular formula is C70H48N2S. The van der Waals surface area contributed by atoms with Crippen LogP contribution < -0.4 is 9.80 Å². The average Bonchev–Trinajstić information content (AvgIpc) is 3.86. The van der Waals surface area contributed by atoms with E-state index < -0.39 is 0 Å². The fraction of sp³-hybridized carbons (Fsp3) is 0. The van der Waals surface area contributed by atoms with Crippen LogP contribution in [0.4, 0.5) is 34.1 Å². The first-order chi connectivity index (χ1) is 36.2. The van der Waals surface area contributed by atoms with Crippen LogP contribution in [-0.4, -0.2) is 0 Å². The molecule has 12 aromatic carbocycles. The monoisotopic (exact) mass is 948 g/mol. The third kappa shape index (κ3) is 8.32. The second kappa shape index (κ2) is 19.1. The van der Waals surface area contributed by atoms with Gasteiger partial charge >= 0.3 is 0 Å². The van der Waals surface area contributed by atoms with Gasteiger partial charge < -0.3 is 9.80 Å². The summed E-state index contributed by atoms with van der Waals surface area (Å²) >= 11 is 1.86. The van der Waals surface area contributed by atoms with E-state index in [0.717, 1.165) is 67.5 Å². The Bertz CT molecular complexity index is 4080. The van der Waals surface area contributed by atoms with Crippen molar-refractivity contribution >= 4 is 76.4 Å². The first-order valence-corrected chi connectivity index (χ1v) is 25.7. The number of nitrogens with zero attached hydrogens (tertiary/aromatic N) is 2. The summed E-state index contributed by atoms with van der Waals surface area (Å²) in [6.45, 7) is 0. The predicted molar refractivity (Wildman–Crippen MR) is 313 cm³/mol. The van der Waals surface area contributed by atoms with E-state index in [9.17, 15) is 0 Å². The van der Waals surface area contributed by atoms with Crippen LogP contribution in [0, 0.1) is 0 Å². The molecule has 0 N–H and O–H groups in total. The molecule has 0 fully saturated rings. The lowest BCUT2D eigenvalue weighted by Gasteiger charge is -2.32. The van der Waals surface area contributed by atoms with Gasteiger partial charge in [0.2, 0.25) is 0 Å². The molecule has 0 spiro atoms. The summed E-state index contributed by atoms with van der Waals surface area (Å²) in [4.78, 5) is 4.95. The van der Waals surface area contributed by atoms with Gasteiger partial charge in [0, 0.05) is 43.5 Å². The first kappa shape index (κ1) is 43.7. The molecule has 0 aliphatic rings. The zero-order valence-corrected chi connectivity index (χ0v) is 40.8. The summed E-state index contributed by atoms with van der Waals surface area (Å²) in [5, 5.41) is 4.99. The zero-order chi connectivity index (χ0) is 48.5. The molecule has 0 aliphatic carbocycles. The lowest BCUT2D eigenvalue weighted by molar-refractivity contribution is 1.27. The highest BCUT2D eigenvalue weighted by Gasteiger charge is 2.26. The number of para-hydroxylation sites is 3. The molecule has 73 heavy (non-hydrogen) atoms. The van der Waals surface area contributed by atoms with E-state index in [2.05, 4.69) is 301 Å². The highest BCUT2D eigenvalue weighted by molar-refractivity contribution is 7.26. The Hall–Kier alpha value is -9.28. The van der Waals surface area contributed by atoms with Gasteiger partial charge in [-0.3, -0.25) is 0 Å². The highest BCUT2D eigenvalue weighted by atomic mass is 32.1. The van der Waals surface area contributed by atoms with Crippen molar-refractivity contribution in [1.82, 2.24) is 0 Å². The maximum absolute atomic E-state index is 2.51. The van der Waals surface area contributed by atoms with Crippen molar-refractivity contribution < 1.29 is 0 Å². The standard InChI is InChI=1S/C70H48N2S/c1-3-19-49(20-4-1)51-37-39-52(40-38-51)53-43-45-58(46-44-53)71(59-26-17-25-56(48-59)57-42-41-50-21-7-8-24-55(50)47-57)66-33-14-10-28-61(66)62-29-11-15-34-67(62)72(65-32-13-9-27-60(65)54-22-5-2-6-23-54)68-35-18-31-64-63-30-12-16-36-69(63)73-70(64)68/h1-48H. The molecule has 0 unspecified atom stereocenters. The van der Waals surface area contributed by atoms with Gasteiger partial charge in [-0.15, -0.1) is 11.3 Å². The number of rotatable bonds is 11. The van der Waals surface area contributed by atoms with E-state index in [4.69, 9.17) is 0 Å². The lowest BCUT2D eigenvalue weighted by atomic mass is 9.96. The third-order valence-electron chi connectivity index (χ3n) is 14.1. The van der Waals surface area contributed by atoms with Crippen LogP contribution in [0.3, 0.4) is 0 Å². The Morgan fingerprint density at radius 1 is 0.233 bits per heavy atom. The molecule has 0 radical (unpaired) electrons. The molecule has 2 nitrogen and oxygen atoms in total. The van der Waals surface area contributed by atoms with Crippen LogP contribution >= 0.6 is 11.3 Å². The minimum absolute atomic E-state index is 1.06. The number of benzene rings is 12. The van der Waals surface area contributed by atoms with Gasteiger partial charge in [0.15, 0.2) is 0 Å². The quantitative estimate of drug-likeness (QED) is 0.127. The van der Waals surface area contributed by atoms with E-state index >= 15 is 0 Å². The molecule has 344 valence electrons. The summed E-state index contributed by atoms with van der Waals surface area (Å²) in [6.07, 6.45) is 0. The van der Waals surface area contributed by atoms with E-state index in [0.29, 0.717) is 0 Å². The van der Waals surface area contributed by atoms with Crippen molar-refractivity contribution in [1.29, 1.82) is 0 Å². The zero-order valence-electron chi connectivity index (χ0n) is 40.0. The number of anilines is 6. The topological polar surface area (TPSA) is 6.48 Å². The minimum atomic E-state index is 1.06. The molecule has 0 bridgehead atoms. The summed E-state index contributed by atoms with van der Waals surface area (Å²) in [5.74, 6) is 0. The van der Waals surface area contributed by atoms with Gasteiger partial charge in [-0.2, -0.15) is 0 Å². The van der Waals surface area contributed by atoms with Crippen LogP contribution in [-0.2, 0) is 0 Å². The molecule has 3 heteroatoms. The molecule has 0 atom stereocenters. The van der Waals surface area contributed by atoms with Crippen molar-refractivity contribution in [3.8, 4) is 55.6 Å². The van der Waals surface area contributed by atoms with Crippen LogP contribution in [0.5, 0.6) is 0 Å². The van der Waals surface area contributed by atoms with Crippen LogP contribution in [0.25, 0.3) is 86.6 Å². The van der Waals surface area contributed by atoms with Crippen molar-refractivity contribution in [3.05, 3.63) is 291 Å². The second-order valence-corrected chi connectivity index (χ2v) is 19.5. The van der Waals surface area contributed by atoms with E-state index in [-0.39, 0.29) is 0 Å². The predicted octanol–water partition coefficient (Wildman–Crippen LogP) is 20.5. The molecule has 0 saturated heterocycles. The Balaban J connectivity index is 0.997. The molecule has 0 amide bonds. The second-order valence-electron chi connectivity index (χ2n) is 18.4. The molecule has 0 saturated carbocycles. The van der Waals surface area contributed by atoms with E-state index in [1.54, 1.807) is 0 Å². The van der Waals surface area contributed by atoms with Crippen LogP contribution in [0.2, 0.25) is 0 Å². The summed E-state index contributed by atoms with van der Waals surface area (Å²) in [7, 11) is 0. The molecule has 13 aromatic rings. The number of fused-ring (bicyclic) bond motifs is 4. The van der Waals surface area contributed by atoms with Crippen molar-refractivity contribution in [2.24, 2.45) is 0 Å². The molecular weight excluding hydrogens is 901 g/mol. The number of thiophene rings is 1. The first-order valence-electron chi connectivity index (χ1n) is 24.9. The lowest BCUT2D eigenvalue weighted by Crippen LogP contribution is -2.14. The van der Waals surface area contributed by atoms with Gasteiger partial charge in [0.1, 0.15) is 0 Å². The largest absolute Gasteiger partial charge is 0.310 e. The molecule has 1 heterocycles. The maximum atomic E-state index is 2.51. The number of hydrogen-bond donors (Lipinski definition) is 0. The molecule has 0 aliphatic heterocycles. The Labute approximate surface area is 430 Å². The van der Waals surface area contributed by atoms with E-state index in [1.807, 2.05) is 11.3 Å². The van der Waals surface area contributed by atoms with Crippen molar-refractivity contribution in [3.63, 3.8) is 0 Å². The van der Waals surface area contributed by atoms with Gasteiger partial charge in [-0.25, -0.2) is 0 Å². The summed E-state index contributed by atoms with van der Waals surface area (Å²) in [6, 6.07) is 106. The summed E-state index contributed by atoms with van der Waals surface area (Å²) in [5.41, 5.74) is 18.2.